The Morgan fingerprint density at radius 3 is 1.46 bits per heavy atom. The lowest BCUT2D eigenvalue weighted by Crippen LogP contribution is -2.26. The van der Waals surface area contributed by atoms with E-state index >= 15 is 0 Å². The molecule has 13 rings (SSSR count). The van der Waals surface area contributed by atoms with Gasteiger partial charge >= 0.3 is 5.97 Å². The number of thioether (sulfide) groups is 2. The molecular formula is C69H57N15O11S2. The number of nitro benzene ring substituents is 1. The van der Waals surface area contributed by atoms with Crippen molar-refractivity contribution in [3.8, 4) is 63.3 Å². The minimum Gasteiger partial charge on any atom is -0.508 e. The molecule has 486 valence electrons. The summed E-state index contributed by atoms with van der Waals surface area (Å²) in [5.74, 6) is 0.0943. The lowest BCUT2D eigenvalue weighted by atomic mass is 10.0. The third-order valence-electron chi connectivity index (χ3n) is 15.3. The third kappa shape index (κ3) is 14.1. The second-order valence-electron chi connectivity index (χ2n) is 21.5. The number of nitro groups is 1. The number of benzene rings is 9. The van der Waals surface area contributed by atoms with Gasteiger partial charge in [0.25, 0.3) is 17.5 Å². The second-order valence-corrected chi connectivity index (χ2v) is 23.4. The number of nitrogens with zero attached hydrogens (tertiary/aromatic N) is 13. The molecule has 9 aromatic carbocycles. The number of phenols is 3. The molecule has 0 bridgehead atoms. The molecule has 13 aromatic rings. The van der Waals surface area contributed by atoms with Crippen molar-refractivity contribution in [2.45, 2.75) is 49.0 Å². The number of amides is 2. The molecule has 0 radical (unpaired) electrons. The van der Waals surface area contributed by atoms with Gasteiger partial charge in [-0.05, 0) is 126 Å². The maximum atomic E-state index is 13.6. The Hall–Kier alpha value is -12.4. The van der Waals surface area contributed by atoms with Gasteiger partial charge in [0.15, 0.2) is 0 Å². The second kappa shape index (κ2) is 28.8. The van der Waals surface area contributed by atoms with Crippen molar-refractivity contribution in [1.82, 2.24) is 65.3 Å². The SMILES string of the molecule is COC(=O)CCNC(=O)c1cc(Oc2c(CSc3nnnn3-c3ccc(O)cc3)c(C)nn2-c2ccc([N+](=O)[O-])cc2)c2ccccc2c1O.Cc1ccccc1NC(=O)c1cc(Oc2c(CSc3nnnn3-c3ccccc3)c(C)nn2-c2ccccc2)c2ccccc2c1O. The molecule has 0 saturated heterocycles. The molecule has 0 fully saturated rings. The van der Waals surface area contributed by atoms with Gasteiger partial charge in [-0.25, -0.2) is 9.36 Å². The van der Waals surface area contributed by atoms with Crippen LogP contribution in [0.4, 0.5) is 11.4 Å². The topological polar surface area (TPSA) is 330 Å². The van der Waals surface area contributed by atoms with Crippen LogP contribution in [0.2, 0.25) is 0 Å². The maximum absolute atomic E-state index is 13.6. The van der Waals surface area contributed by atoms with Crippen LogP contribution in [0.3, 0.4) is 0 Å². The number of aromatic hydroxyl groups is 3. The third-order valence-corrected chi connectivity index (χ3v) is 17.2. The summed E-state index contributed by atoms with van der Waals surface area (Å²) in [4.78, 5) is 49.3. The van der Waals surface area contributed by atoms with Crippen molar-refractivity contribution in [2.75, 3.05) is 19.0 Å². The van der Waals surface area contributed by atoms with E-state index in [4.69, 9.17) is 19.7 Å². The average Bonchev–Trinajstić information content (AvgIpc) is 1.53. The van der Waals surface area contributed by atoms with Crippen LogP contribution in [0.5, 0.6) is 40.5 Å². The largest absolute Gasteiger partial charge is 0.508 e. The van der Waals surface area contributed by atoms with E-state index in [0.29, 0.717) is 77.6 Å². The van der Waals surface area contributed by atoms with E-state index in [9.17, 15) is 39.8 Å². The number of esters is 1. The van der Waals surface area contributed by atoms with Gasteiger partial charge in [0, 0.05) is 68.5 Å². The Labute approximate surface area is 560 Å². The first-order valence-electron chi connectivity index (χ1n) is 29.8. The zero-order chi connectivity index (χ0) is 67.7. The number of aryl methyl sites for hydroxylation is 3. The van der Waals surface area contributed by atoms with E-state index < -0.39 is 22.7 Å². The quantitative estimate of drug-likeness (QED) is 0.0193. The van der Waals surface area contributed by atoms with Crippen LogP contribution in [-0.2, 0) is 21.0 Å². The predicted octanol–water partition coefficient (Wildman–Crippen LogP) is 12.7. The number of aromatic nitrogens is 12. The van der Waals surface area contributed by atoms with Crippen LogP contribution in [0.15, 0.2) is 204 Å². The van der Waals surface area contributed by atoms with E-state index in [1.54, 1.807) is 64.8 Å². The first-order valence-corrected chi connectivity index (χ1v) is 31.8. The van der Waals surface area contributed by atoms with Crippen LogP contribution >= 0.6 is 23.5 Å². The van der Waals surface area contributed by atoms with Crippen molar-refractivity contribution < 1.29 is 48.8 Å². The number of methoxy groups -OCH3 is 1. The number of carbonyl (C=O) groups is 3. The molecule has 0 atom stereocenters. The van der Waals surface area contributed by atoms with E-state index in [2.05, 4.69) is 46.4 Å². The summed E-state index contributed by atoms with van der Waals surface area (Å²) < 4.78 is 24.5. The molecular weight excluding hydrogens is 1280 g/mol. The van der Waals surface area contributed by atoms with Crippen LogP contribution in [-0.4, -0.2) is 112 Å². The van der Waals surface area contributed by atoms with Crippen molar-refractivity contribution in [2.24, 2.45) is 0 Å². The number of phenolic OH excluding ortho intramolecular Hbond substituents is 3. The molecule has 0 aliphatic rings. The van der Waals surface area contributed by atoms with Crippen LogP contribution < -0.4 is 20.1 Å². The number of tetrazole rings is 2. The number of hydrogen-bond acceptors (Lipinski definition) is 21. The molecule has 4 heterocycles. The van der Waals surface area contributed by atoms with Crippen molar-refractivity contribution in [1.29, 1.82) is 0 Å². The van der Waals surface area contributed by atoms with E-state index in [-0.39, 0.29) is 64.4 Å². The van der Waals surface area contributed by atoms with Gasteiger partial charge in [0.05, 0.1) is 63.7 Å². The standard InChI is InChI=1S/C36H29N7O3S.C33H28N8O8S/c1-23-13-9-12-20-31(23)37-34(45)29-21-32(27-18-10-11-19-28(27)33(29)44)46-35-30(24(2)39-42(35)25-14-5-3-6-15-25)22-47-36-38-40-41-43(36)26-16-7-4-8-17-26;1-19-27(18-50-33-35-37-38-40(33)21-11-13-23(42)14-12-21)32(39(36-19)20-7-9-22(10-8-20)41(46)47)49-28-17-26(31(45)34-16-15-29(43)48-2)30(44)25-6-4-3-5-24(25)28/h3-21,44H,22H2,1-2H3,(H,37,45);3-14,17,42,44H,15-16,18H2,1-2H3,(H,34,45). The Balaban J connectivity index is 0.000000185. The molecule has 0 aliphatic heterocycles. The van der Waals surface area contributed by atoms with Gasteiger partial charge in [-0.2, -0.15) is 19.6 Å². The van der Waals surface area contributed by atoms with E-state index in [0.717, 1.165) is 28.2 Å². The van der Waals surface area contributed by atoms with Crippen LogP contribution in [0, 0.1) is 30.9 Å². The molecule has 26 nitrogen and oxygen atoms in total. The van der Waals surface area contributed by atoms with Crippen molar-refractivity contribution in [3.05, 3.63) is 243 Å². The Morgan fingerprint density at radius 2 is 0.969 bits per heavy atom. The summed E-state index contributed by atoms with van der Waals surface area (Å²) in [6.07, 6.45) is -0.0648. The summed E-state index contributed by atoms with van der Waals surface area (Å²) in [6.45, 7) is 5.60. The van der Waals surface area contributed by atoms with Gasteiger partial charge in [-0.3, -0.25) is 24.5 Å². The van der Waals surface area contributed by atoms with Crippen molar-refractivity contribution in [3.63, 3.8) is 0 Å². The number of hydrogen-bond donors (Lipinski definition) is 5. The lowest BCUT2D eigenvalue weighted by molar-refractivity contribution is -0.384. The molecule has 0 aliphatic carbocycles. The molecule has 28 heteroatoms. The maximum Gasteiger partial charge on any atom is 0.307 e. The number of para-hydroxylation sites is 3. The first kappa shape index (κ1) is 64.7. The van der Waals surface area contributed by atoms with Gasteiger partial charge in [-0.1, -0.05) is 127 Å². The summed E-state index contributed by atoms with van der Waals surface area (Å²) >= 11 is 2.74. The highest BCUT2D eigenvalue weighted by Gasteiger charge is 2.28. The zero-order valence-electron chi connectivity index (χ0n) is 52.0. The molecule has 0 unspecified atom stereocenters. The summed E-state index contributed by atoms with van der Waals surface area (Å²) in [7, 11) is 1.25. The fourth-order valence-corrected chi connectivity index (χ4v) is 12.2. The number of rotatable bonds is 21. The molecule has 0 saturated carbocycles. The Morgan fingerprint density at radius 1 is 0.536 bits per heavy atom. The molecule has 4 aromatic heterocycles. The lowest BCUT2D eigenvalue weighted by Gasteiger charge is -2.16. The van der Waals surface area contributed by atoms with Crippen LogP contribution in [0.25, 0.3) is 44.3 Å². The van der Waals surface area contributed by atoms with Crippen LogP contribution in [0.1, 0.15) is 55.2 Å². The minimum absolute atomic E-state index is 0.0228. The normalized spacial score (nSPS) is 11.1. The highest BCUT2D eigenvalue weighted by atomic mass is 32.2. The van der Waals surface area contributed by atoms with Gasteiger partial charge in [0.1, 0.15) is 28.7 Å². The highest BCUT2D eigenvalue weighted by molar-refractivity contribution is 7.98. The minimum atomic E-state index is -0.640. The number of non-ortho nitro benzene ring substituents is 1. The van der Waals surface area contributed by atoms with E-state index in [1.807, 2.05) is 117 Å². The van der Waals surface area contributed by atoms with Gasteiger partial charge in [0.2, 0.25) is 22.1 Å². The first-order chi connectivity index (χ1) is 47.1. The molecule has 0 spiro atoms. The number of carbonyl (C=O) groups excluding carboxylic acids is 3. The number of fused-ring (bicyclic) bond motifs is 2. The summed E-state index contributed by atoms with van der Waals surface area (Å²) in [5, 5.41) is 86.1. The fraction of sp³-hybridized carbons (Fsp3) is 0.116. The monoisotopic (exact) mass is 1340 g/mol. The smallest absolute Gasteiger partial charge is 0.307 e. The number of ether oxygens (including phenoxy) is 3. The number of nitrogens with one attached hydrogen (secondary N) is 2. The summed E-state index contributed by atoms with van der Waals surface area (Å²) in [5.41, 5.74) is 6.95. The molecule has 5 N–H and O–H groups in total. The fourth-order valence-electron chi connectivity index (χ4n) is 10.3. The van der Waals surface area contributed by atoms with Crippen molar-refractivity contribution >= 4 is 74.2 Å². The average molecular weight is 1340 g/mol. The summed E-state index contributed by atoms with van der Waals surface area (Å²) in [6, 6.07) is 56.1. The van der Waals surface area contributed by atoms with E-state index in [1.165, 1.54) is 82.5 Å². The number of anilines is 1. The Bertz CT molecular complexity index is 5070. The van der Waals surface area contributed by atoms with Gasteiger partial charge in [-0.15, -0.1) is 10.2 Å². The molecule has 2 amide bonds. The predicted molar refractivity (Wildman–Crippen MR) is 362 cm³/mol. The Kier molecular flexibility index (Phi) is 19.2. The molecule has 97 heavy (non-hydrogen) atoms. The zero-order valence-corrected chi connectivity index (χ0v) is 53.7. The highest BCUT2D eigenvalue weighted by Crippen LogP contribution is 2.44. The van der Waals surface area contributed by atoms with Gasteiger partial charge < -0.3 is 40.2 Å².